The number of benzene rings is 1. The topological polar surface area (TPSA) is 116 Å². The summed E-state index contributed by atoms with van der Waals surface area (Å²) in [6.45, 7) is 1.15. The highest BCUT2D eigenvalue weighted by molar-refractivity contribution is 5.94. The van der Waals surface area contributed by atoms with E-state index < -0.39 is 16.7 Å². The Morgan fingerprint density at radius 1 is 1.28 bits per heavy atom. The van der Waals surface area contributed by atoms with Gasteiger partial charge in [0.15, 0.2) is 5.76 Å². The van der Waals surface area contributed by atoms with Gasteiger partial charge < -0.3 is 13.9 Å². The van der Waals surface area contributed by atoms with E-state index in [9.17, 15) is 14.9 Å². The summed E-state index contributed by atoms with van der Waals surface area (Å²) in [6, 6.07) is 9.16. The van der Waals surface area contributed by atoms with E-state index in [2.05, 4.69) is 10.5 Å². The van der Waals surface area contributed by atoms with Gasteiger partial charge in [-0.15, -0.1) is 0 Å². The lowest BCUT2D eigenvalue weighted by Gasteiger charge is -2.06. The van der Waals surface area contributed by atoms with Crippen LogP contribution >= 0.6 is 0 Å². The highest BCUT2D eigenvalue weighted by atomic mass is 16.6. The Bertz CT molecular complexity index is 739. The zero-order valence-electron chi connectivity index (χ0n) is 13.5. The molecule has 1 amide bonds. The zero-order chi connectivity index (χ0) is 18.1. The third-order valence-electron chi connectivity index (χ3n) is 3.03. The van der Waals surface area contributed by atoms with Gasteiger partial charge in [-0.2, -0.15) is 5.10 Å². The Morgan fingerprint density at radius 3 is 2.68 bits per heavy atom. The number of ether oxygens (including phenoxy) is 2. The van der Waals surface area contributed by atoms with Gasteiger partial charge in [0.2, 0.25) is 0 Å². The average molecular weight is 347 g/mol. The van der Waals surface area contributed by atoms with Crippen molar-refractivity contribution in [3.05, 3.63) is 57.8 Å². The summed E-state index contributed by atoms with van der Waals surface area (Å²) in [6.07, 6.45) is 1.95. The Kier molecular flexibility index (Phi) is 6.66. The lowest BCUT2D eigenvalue weighted by atomic mass is 10.2. The van der Waals surface area contributed by atoms with E-state index in [0.717, 1.165) is 6.42 Å². The lowest BCUT2D eigenvalue weighted by Crippen LogP contribution is -2.17. The number of hydrogen-bond donors (Lipinski definition) is 1. The van der Waals surface area contributed by atoms with Crippen LogP contribution in [0.4, 0.5) is 5.88 Å². The van der Waals surface area contributed by atoms with Crippen LogP contribution in [0.1, 0.15) is 22.5 Å². The molecule has 0 atom stereocenters. The molecule has 0 aliphatic heterocycles. The van der Waals surface area contributed by atoms with E-state index in [1.807, 2.05) is 0 Å². The summed E-state index contributed by atoms with van der Waals surface area (Å²) < 4.78 is 15.3. The molecule has 1 aromatic heterocycles. The van der Waals surface area contributed by atoms with Gasteiger partial charge >= 0.3 is 5.88 Å². The fraction of sp³-hybridized carbons (Fsp3) is 0.250. The van der Waals surface area contributed by atoms with Crippen molar-refractivity contribution in [1.29, 1.82) is 0 Å². The van der Waals surface area contributed by atoms with Crippen LogP contribution in [-0.2, 0) is 4.74 Å². The van der Waals surface area contributed by atoms with Crippen LogP contribution in [0, 0.1) is 10.1 Å². The molecule has 0 fully saturated rings. The molecule has 0 radical (unpaired) electrons. The van der Waals surface area contributed by atoms with Crippen LogP contribution < -0.4 is 10.2 Å². The van der Waals surface area contributed by atoms with E-state index in [-0.39, 0.29) is 5.76 Å². The molecule has 0 aliphatic rings. The third-order valence-corrected chi connectivity index (χ3v) is 3.03. The van der Waals surface area contributed by atoms with Crippen molar-refractivity contribution in [2.75, 3.05) is 20.3 Å². The first kappa shape index (κ1) is 18.1. The predicted molar refractivity (Wildman–Crippen MR) is 88.9 cm³/mol. The highest BCUT2D eigenvalue weighted by Crippen LogP contribution is 2.14. The molecule has 1 aromatic carbocycles. The van der Waals surface area contributed by atoms with Gasteiger partial charge in [-0.3, -0.25) is 14.9 Å². The van der Waals surface area contributed by atoms with Gasteiger partial charge in [0.05, 0.1) is 18.9 Å². The quantitative estimate of drug-likeness (QED) is 0.322. The first-order valence-electron chi connectivity index (χ1n) is 7.39. The minimum absolute atomic E-state index is 0.159. The van der Waals surface area contributed by atoms with Crippen LogP contribution in [0.5, 0.6) is 5.75 Å². The monoisotopic (exact) mass is 347 g/mol. The summed E-state index contributed by atoms with van der Waals surface area (Å²) in [5.41, 5.74) is 2.70. The minimum Gasteiger partial charge on any atom is -0.494 e. The van der Waals surface area contributed by atoms with Crippen LogP contribution in [0.3, 0.4) is 0 Å². The number of amides is 1. The second-order valence-corrected chi connectivity index (χ2v) is 4.85. The number of rotatable bonds is 9. The number of hydrogen-bond acceptors (Lipinski definition) is 7. The van der Waals surface area contributed by atoms with Crippen LogP contribution in [-0.4, -0.2) is 37.4 Å². The van der Waals surface area contributed by atoms with Crippen molar-refractivity contribution in [3.63, 3.8) is 0 Å². The number of furan rings is 1. The van der Waals surface area contributed by atoms with Gasteiger partial charge in [0, 0.05) is 25.7 Å². The molecule has 1 heterocycles. The largest absolute Gasteiger partial charge is 0.494 e. The number of methoxy groups -OCH3 is 1. The molecule has 1 N–H and O–H groups in total. The van der Waals surface area contributed by atoms with Crippen LogP contribution in [0.2, 0.25) is 0 Å². The fourth-order valence-electron chi connectivity index (χ4n) is 1.82. The van der Waals surface area contributed by atoms with Gasteiger partial charge in [-0.25, -0.2) is 5.43 Å². The van der Waals surface area contributed by atoms with Crippen molar-refractivity contribution < 1.29 is 23.6 Å². The molecular formula is C16H17N3O6. The normalized spacial score (nSPS) is 10.8. The fourth-order valence-corrected chi connectivity index (χ4v) is 1.82. The van der Waals surface area contributed by atoms with Crippen molar-refractivity contribution in [2.45, 2.75) is 6.42 Å². The van der Waals surface area contributed by atoms with E-state index in [1.54, 1.807) is 31.4 Å². The highest BCUT2D eigenvalue weighted by Gasteiger charge is 2.10. The molecule has 2 rings (SSSR count). The van der Waals surface area contributed by atoms with Crippen molar-refractivity contribution >= 4 is 18.0 Å². The average Bonchev–Trinajstić information content (AvgIpc) is 3.08. The summed E-state index contributed by atoms with van der Waals surface area (Å²) in [5.74, 6) is -0.0111. The molecule has 2 aromatic rings. The Hall–Kier alpha value is -3.20. The molecule has 9 heteroatoms. The Morgan fingerprint density at radius 2 is 2.04 bits per heavy atom. The van der Waals surface area contributed by atoms with Crippen molar-refractivity contribution in [1.82, 2.24) is 5.43 Å². The summed E-state index contributed by atoms with van der Waals surface area (Å²) >= 11 is 0. The maximum Gasteiger partial charge on any atom is 0.433 e. The standard InChI is InChI=1S/C16H17N3O6/c1-23-9-2-10-24-13-5-3-12(4-6-13)16(20)18-17-11-14-7-8-15(25-14)19(21)22/h3-8,11H,2,9-10H2,1H3,(H,18,20)/b17-11+. The number of carbonyl (C=O) groups excluding carboxylic acids is 1. The third kappa shape index (κ3) is 5.74. The van der Waals surface area contributed by atoms with Gasteiger partial charge in [-0.05, 0) is 30.3 Å². The van der Waals surface area contributed by atoms with E-state index in [1.165, 1.54) is 18.3 Å². The minimum atomic E-state index is -0.658. The molecule has 0 saturated carbocycles. The number of carbonyl (C=O) groups is 1. The number of nitro groups is 1. The predicted octanol–water partition coefficient (Wildman–Crippen LogP) is 2.37. The van der Waals surface area contributed by atoms with Crippen LogP contribution in [0.25, 0.3) is 0 Å². The molecule has 0 unspecified atom stereocenters. The Labute approximate surface area is 143 Å². The first-order valence-corrected chi connectivity index (χ1v) is 7.39. The molecule has 9 nitrogen and oxygen atoms in total. The Balaban J connectivity index is 1.83. The van der Waals surface area contributed by atoms with Gasteiger partial charge in [-0.1, -0.05) is 0 Å². The second-order valence-electron chi connectivity index (χ2n) is 4.85. The van der Waals surface area contributed by atoms with Crippen molar-refractivity contribution in [3.8, 4) is 5.75 Å². The smallest absolute Gasteiger partial charge is 0.433 e. The molecule has 0 saturated heterocycles. The number of nitrogens with one attached hydrogen (secondary N) is 1. The van der Waals surface area contributed by atoms with Gasteiger partial charge in [0.1, 0.15) is 10.7 Å². The molecular weight excluding hydrogens is 330 g/mol. The molecule has 132 valence electrons. The number of hydrazone groups is 1. The lowest BCUT2D eigenvalue weighted by molar-refractivity contribution is -0.402. The SMILES string of the molecule is COCCCOc1ccc(C(=O)N/N=C/c2ccc([N+](=O)[O-])o2)cc1. The van der Waals surface area contributed by atoms with Crippen LogP contribution in [0.15, 0.2) is 45.9 Å². The zero-order valence-corrected chi connectivity index (χ0v) is 13.5. The van der Waals surface area contributed by atoms with E-state index in [4.69, 9.17) is 13.9 Å². The summed E-state index contributed by atoms with van der Waals surface area (Å²) in [7, 11) is 1.63. The first-order chi connectivity index (χ1) is 12.1. The molecule has 0 spiro atoms. The summed E-state index contributed by atoms with van der Waals surface area (Å²) in [5, 5.41) is 14.2. The summed E-state index contributed by atoms with van der Waals surface area (Å²) in [4.78, 5) is 21.8. The van der Waals surface area contributed by atoms with Gasteiger partial charge in [0.25, 0.3) is 5.91 Å². The van der Waals surface area contributed by atoms with Crippen molar-refractivity contribution in [2.24, 2.45) is 5.10 Å². The molecule has 0 aliphatic carbocycles. The molecule has 0 bridgehead atoms. The maximum absolute atomic E-state index is 11.9. The van der Waals surface area contributed by atoms with E-state index >= 15 is 0 Å². The number of nitrogens with zero attached hydrogens (tertiary/aromatic N) is 2. The maximum atomic E-state index is 11.9. The molecule has 25 heavy (non-hydrogen) atoms. The second kappa shape index (κ2) is 9.18. The van der Waals surface area contributed by atoms with E-state index in [0.29, 0.717) is 24.5 Å².